The molecule has 164 valence electrons. The van der Waals surface area contributed by atoms with Crippen LogP contribution in [0.2, 0.25) is 0 Å². The Bertz CT molecular complexity index is 921. The van der Waals surface area contributed by atoms with Gasteiger partial charge in [-0.15, -0.1) is 0 Å². The Hall–Kier alpha value is -1.57. The van der Waals surface area contributed by atoms with Gasteiger partial charge < -0.3 is 5.32 Å². The van der Waals surface area contributed by atoms with Crippen molar-refractivity contribution in [2.75, 3.05) is 25.4 Å². The molecule has 2 aliphatic heterocycles. The first kappa shape index (κ1) is 21.7. The van der Waals surface area contributed by atoms with E-state index in [2.05, 4.69) is 5.32 Å². The second-order valence-corrected chi connectivity index (χ2v) is 11.3. The maximum Gasteiger partial charge on any atom is 0.214 e. The fraction of sp³-hybridized carbons (Fsp3) is 0.652. The molecule has 0 spiro atoms. The van der Waals surface area contributed by atoms with Crippen LogP contribution in [-0.4, -0.2) is 55.7 Å². The first-order valence-electron chi connectivity index (χ1n) is 11.2. The summed E-state index contributed by atoms with van der Waals surface area (Å²) in [4.78, 5) is 24.4. The molecule has 1 aromatic rings. The van der Waals surface area contributed by atoms with Gasteiger partial charge in [0.2, 0.25) is 10.0 Å². The van der Waals surface area contributed by atoms with Crippen molar-refractivity contribution in [3.8, 4) is 0 Å². The fourth-order valence-electron chi connectivity index (χ4n) is 5.29. The van der Waals surface area contributed by atoms with E-state index in [1.165, 1.54) is 0 Å². The first-order valence-corrected chi connectivity index (χ1v) is 12.8. The third kappa shape index (κ3) is 4.84. The molecular weight excluding hydrogens is 400 g/mol. The van der Waals surface area contributed by atoms with Crippen LogP contribution in [0.15, 0.2) is 18.2 Å². The summed E-state index contributed by atoms with van der Waals surface area (Å²) in [6.07, 6.45) is 4.65. The number of fused-ring (bicyclic) bond motifs is 1. The first-order chi connectivity index (χ1) is 14.3. The summed E-state index contributed by atoms with van der Waals surface area (Å²) in [7, 11) is -3.26. The molecule has 2 atom stereocenters. The highest BCUT2D eigenvalue weighted by molar-refractivity contribution is 7.89. The van der Waals surface area contributed by atoms with E-state index >= 15 is 0 Å². The molecule has 0 amide bonds. The number of sulfonamides is 1. The molecule has 4 rings (SSSR count). The number of benzene rings is 1. The maximum absolute atomic E-state index is 13.0. The fourth-order valence-corrected chi connectivity index (χ4v) is 7.43. The molecule has 0 aromatic heterocycles. The number of carbonyl (C=O) groups excluding carboxylic acids is 2. The standard InChI is InChI=1S/C23H32N2O4S/c1-16-10-18(6-9-25(16)30(28,29)15-17-4-7-24-8-5-17)11-23(27)20-3-2-19-13-22(26)14-21(19)12-20/h2-3,12,16-18,24H,4-11,13-15H2,1H3/t16-,18-/m0/s1. The Kier molecular flexibility index (Phi) is 6.42. The monoisotopic (exact) mass is 432 g/mol. The Morgan fingerprint density at radius 2 is 1.83 bits per heavy atom. The van der Waals surface area contributed by atoms with Crippen LogP contribution < -0.4 is 5.32 Å². The number of rotatable bonds is 6. The van der Waals surface area contributed by atoms with Gasteiger partial charge in [-0.3, -0.25) is 9.59 Å². The molecule has 0 saturated carbocycles. The van der Waals surface area contributed by atoms with Crippen LogP contribution in [0.4, 0.5) is 0 Å². The molecule has 0 bridgehead atoms. The van der Waals surface area contributed by atoms with E-state index in [1.807, 2.05) is 25.1 Å². The summed E-state index contributed by atoms with van der Waals surface area (Å²) < 4.78 is 27.6. The smallest absolute Gasteiger partial charge is 0.214 e. The molecule has 7 heteroatoms. The van der Waals surface area contributed by atoms with E-state index in [9.17, 15) is 18.0 Å². The molecule has 6 nitrogen and oxygen atoms in total. The van der Waals surface area contributed by atoms with Gasteiger partial charge in [0.15, 0.2) is 5.78 Å². The normalized spacial score (nSPS) is 26.0. The van der Waals surface area contributed by atoms with E-state index in [0.717, 1.165) is 49.9 Å². The Balaban J connectivity index is 1.33. The van der Waals surface area contributed by atoms with Gasteiger partial charge in [0.05, 0.1) is 5.75 Å². The van der Waals surface area contributed by atoms with Crippen LogP contribution in [0, 0.1) is 11.8 Å². The number of piperidine rings is 2. The highest BCUT2D eigenvalue weighted by Gasteiger charge is 2.35. The van der Waals surface area contributed by atoms with Gasteiger partial charge >= 0.3 is 0 Å². The van der Waals surface area contributed by atoms with Crippen LogP contribution in [0.1, 0.15) is 60.5 Å². The molecule has 2 fully saturated rings. The summed E-state index contributed by atoms with van der Waals surface area (Å²) in [5, 5.41) is 3.29. The number of hydrogen-bond acceptors (Lipinski definition) is 5. The quantitative estimate of drug-likeness (QED) is 0.698. The van der Waals surface area contributed by atoms with Crippen molar-refractivity contribution in [1.82, 2.24) is 9.62 Å². The van der Waals surface area contributed by atoms with Gasteiger partial charge in [0.25, 0.3) is 0 Å². The van der Waals surface area contributed by atoms with Crippen molar-refractivity contribution >= 4 is 21.6 Å². The summed E-state index contributed by atoms with van der Waals surface area (Å²) in [6.45, 7) is 4.27. The molecular formula is C23H32N2O4S. The number of carbonyl (C=O) groups is 2. The van der Waals surface area contributed by atoms with Gasteiger partial charge in [-0.1, -0.05) is 12.1 Å². The zero-order chi connectivity index (χ0) is 21.3. The lowest BCUT2D eigenvalue weighted by molar-refractivity contribution is -0.117. The SMILES string of the molecule is C[C@H]1C[C@@H](CC(=O)c2ccc3c(c2)CC(=O)C3)CCN1S(=O)(=O)CC1CCNCC1. The molecule has 0 unspecified atom stereocenters. The number of nitrogens with zero attached hydrogens (tertiary/aromatic N) is 1. The van der Waals surface area contributed by atoms with Crippen LogP contribution in [0.3, 0.4) is 0 Å². The van der Waals surface area contributed by atoms with E-state index in [-0.39, 0.29) is 35.2 Å². The van der Waals surface area contributed by atoms with Gasteiger partial charge in [0, 0.05) is 37.4 Å². The number of ketones is 2. The second kappa shape index (κ2) is 8.89. The van der Waals surface area contributed by atoms with Gasteiger partial charge in [0.1, 0.15) is 5.78 Å². The minimum absolute atomic E-state index is 0.0686. The van der Waals surface area contributed by atoms with Crippen LogP contribution in [0.25, 0.3) is 0 Å². The van der Waals surface area contributed by atoms with Crippen molar-refractivity contribution in [1.29, 1.82) is 0 Å². The van der Waals surface area contributed by atoms with Gasteiger partial charge in [-0.2, -0.15) is 4.31 Å². The topological polar surface area (TPSA) is 83.6 Å². The molecule has 1 aromatic carbocycles. The van der Waals surface area contributed by atoms with Gasteiger partial charge in [-0.25, -0.2) is 8.42 Å². The third-order valence-electron chi connectivity index (χ3n) is 6.96. The predicted octanol–water partition coefficient (Wildman–Crippen LogP) is 2.36. The Labute approximate surface area is 179 Å². The molecule has 0 radical (unpaired) electrons. The summed E-state index contributed by atoms with van der Waals surface area (Å²) in [6, 6.07) is 5.55. The molecule has 3 aliphatic rings. The molecule has 30 heavy (non-hydrogen) atoms. The molecule has 1 N–H and O–H groups in total. The van der Waals surface area contributed by atoms with Gasteiger partial charge in [-0.05, 0) is 74.7 Å². The zero-order valence-electron chi connectivity index (χ0n) is 17.7. The lowest BCUT2D eigenvalue weighted by atomic mass is 9.87. The average Bonchev–Trinajstić information content (AvgIpc) is 3.07. The highest BCUT2D eigenvalue weighted by Crippen LogP contribution is 2.30. The number of nitrogens with one attached hydrogen (secondary N) is 1. The minimum Gasteiger partial charge on any atom is -0.317 e. The molecule has 1 aliphatic carbocycles. The highest BCUT2D eigenvalue weighted by atomic mass is 32.2. The van der Waals surface area contributed by atoms with Crippen LogP contribution in [0.5, 0.6) is 0 Å². The maximum atomic E-state index is 13.0. The van der Waals surface area contributed by atoms with E-state index < -0.39 is 10.0 Å². The Morgan fingerprint density at radius 3 is 2.57 bits per heavy atom. The Morgan fingerprint density at radius 1 is 1.10 bits per heavy atom. The summed E-state index contributed by atoms with van der Waals surface area (Å²) in [5.41, 5.74) is 2.70. The summed E-state index contributed by atoms with van der Waals surface area (Å²) >= 11 is 0. The van der Waals surface area contributed by atoms with Crippen molar-refractivity contribution < 1.29 is 18.0 Å². The number of hydrogen-bond donors (Lipinski definition) is 1. The molecule has 2 saturated heterocycles. The van der Waals surface area contributed by atoms with Crippen molar-refractivity contribution in [2.45, 2.75) is 57.9 Å². The van der Waals surface area contributed by atoms with Crippen molar-refractivity contribution in [3.63, 3.8) is 0 Å². The van der Waals surface area contributed by atoms with E-state index in [0.29, 0.717) is 31.4 Å². The minimum atomic E-state index is -3.26. The van der Waals surface area contributed by atoms with E-state index in [4.69, 9.17) is 0 Å². The second-order valence-electron chi connectivity index (χ2n) is 9.33. The van der Waals surface area contributed by atoms with Crippen LogP contribution >= 0.6 is 0 Å². The lowest BCUT2D eigenvalue weighted by Gasteiger charge is -2.37. The largest absolute Gasteiger partial charge is 0.317 e. The van der Waals surface area contributed by atoms with E-state index in [1.54, 1.807) is 4.31 Å². The molecule has 2 heterocycles. The lowest BCUT2D eigenvalue weighted by Crippen LogP contribution is -2.47. The third-order valence-corrected chi connectivity index (χ3v) is 9.11. The zero-order valence-corrected chi connectivity index (χ0v) is 18.5. The predicted molar refractivity (Wildman–Crippen MR) is 116 cm³/mol. The van der Waals surface area contributed by atoms with Crippen molar-refractivity contribution in [2.24, 2.45) is 11.8 Å². The summed E-state index contributed by atoms with van der Waals surface area (Å²) in [5.74, 6) is 1.00. The van der Waals surface area contributed by atoms with Crippen LogP contribution in [-0.2, 0) is 27.7 Å². The number of Topliss-reactive ketones (excluding diaryl/α,β-unsaturated/α-hetero) is 2. The average molecular weight is 433 g/mol. The van der Waals surface area contributed by atoms with Crippen molar-refractivity contribution in [3.05, 3.63) is 34.9 Å².